The summed E-state index contributed by atoms with van der Waals surface area (Å²) in [5, 5.41) is 18.8. The molecule has 65 heavy (non-hydrogen) atoms. The molecule has 342 valence electrons. The average molecular weight is 897 g/mol. The maximum atomic E-state index is 14.3. The number of benzene rings is 2. The van der Waals surface area contributed by atoms with E-state index in [2.05, 4.69) is 41.5 Å². The summed E-state index contributed by atoms with van der Waals surface area (Å²) < 4.78 is 47.8. The molecule has 1 atom stereocenters. The molecular formula is C46H51F3N10O6. The topological polar surface area (TPSA) is 190 Å². The highest BCUT2D eigenvalue weighted by atomic mass is 19.2. The number of imide groups is 1. The van der Waals surface area contributed by atoms with Gasteiger partial charge in [0.05, 0.1) is 5.56 Å². The summed E-state index contributed by atoms with van der Waals surface area (Å²) in [6.45, 7) is 6.92. The number of piperidine rings is 2. The molecule has 6 fully saturated rings. The van der Waals surface area contributed by atoms with Crippen LogP contribution in [0.5, 0.6) is 5.75 Å². The number of aromatic nitrogens is 4. The fraction of sp³-hybridized carbons (Fsp3) is 0.522. The number of phenols is 1. The van der Waals surface area contributed by atoms with Gasteiger partial charge in [0.15, 0.2) is 23.2 Å². The molecule has 11 rings (SSSR count). The molecule has 16 nitrogen and oxygen atoms in total. The van der Waals surface area contributed by atoms with Gasteiger partial charge in [0, 0.05) is 81.6 Å². The number of carbonyl (C=O) groups excluding carboxylic acids is 4. The molecule has 0 radical (unpaired) electrons. The molecule has 4 aliphatic heterocycles. The van der Waals surface area contributed by atoms with Crippen LogP contribution in [0.1, 0.15) is 103 Å². The SMILES string of the molecule is O=C1CCC(N2Cc3cc(N4CCC(CCN5CCN(c6nccc(-c7nc(C89CCC(CNC(=O)c%10cc(F)c(O)c(F)c%10F)(CC8)CC9)no7)n6)CC5)CC4)ccc3C2=O)C(=O)N1. The van der Waals surface area contributed by atoms with Crippen molar-refractivity contribution in [1.29, 1.82) is 0 Å². The first kappa shape index (κ1) is 42.8. The summed E-state index contributed by atoms with van der Waals surface area (Å²) in [6, 6.07) is 7.65. The molecule has 1 unspecified atom stereocenters. The smallest absolute Gasteiger partial charge is 0.276 e. The van der Waals surface area contributed by atoms with E-state index in [-0.39, 0.29) is 35.6 Å². The van der Waals surface area contributed by atoms with Crippen molar-refractivity contribution >= 4 is 35.3 Å². The van der Waals surface area contributed by atoms with Crippen LogP contribution in [0.25, 0.3) is 11.6 Å². The number of carbonyl (C=O) groups is 4. The maximum absolute atomic E-state index is 14.3. The summed E-state index contributed by atoms with van der Waals surface area (Å²) in [6.07, 6.45) is 10.1. The Bertz CT molecular complexity index is 2520. The largest absolute Gasteiger partial charge is 0.503 e. The Balaban J connectivity index is 0.671. The maximum Gasteiger partial charge on any atom is 0.276 e. The lowest BCUT2D eigenvalue weighted by atomic mass is 9.53. The van der Waals surface area contributed by atoms with Crippen LogP contribution in [-0.4, -0.2) is 117 Å². The molecule has 2 aromatic heterocycles. The van der Waals surface area contributed by atoms with Crippen molar-refractivity contribution in [1.82, 2.24) is 40.5 Å². The summed E-state index contributed by atoms with van der Waals surface area (Å²) in [5.74, 6) is -5.81. The second-order valence-corrected chi connectivity index (χ2v) is 18.8. The Hall–Kier alpha value is -6.11. The fourth-order valence-electron chi connectivity index (χ4n) is 10.9. The van der Waals surface area contributed by atoms with E-state index < -0.39 is 46.6 Å². The Kier molecular flexibility index (Phi) is 11.2. The Morgan fingerprint density at radius 2 is 1.65 bits per heavy atom. The first-order chi connectivity index (χ1) is 31.4. The third-order valence-corrected chi connectivity index (χ3v) is 15.2. The van der Waals surface area contributed by atoms with E-state index in [1.807, 2.05) is 12.1 Å². The van der Waals surface area contributed by atoms with E-state index >= 15 is 0 Å². The quantitative estimate of drug-likeness (QED) is 0.137. The highest BCUT2D eigenvalue weighted by Crippen LogP contribution is 2.57. The van der Waals surface area contributed by atoms with Crippen molar-refractivity contribution in [2.24, 2.45) is 11.3 Å². The molecule has 4 amide bonds. The number of aromatic hydroxyl groups is 1. The first-order valence-corrected chi connectivity index (χ1v) is 22.7. The number of piperazine rings is 1. The molecule has 3 aliphatic carbocycles. The molecule has 7 aliphatic rings. The van der Waals surface area contributed by atoms with Gasteiger partial charge < -0.3 is 29.6 Å². The first-order valence-electron chi connectivity index (χ1n) is 22.7. The third-order valence-electron chi connectivity index (χ3n) is 15.2. The zero-order valence-electron chi connectivity index (χ0n) is 36.0. The van der Waals surface area contributed by atoms with Crippen LogP contribution in [0.3, 0.4) is 0 Å². The number of rotatable bonds is 11. The van der Waals surface area contributed by atoms with Gasteiger partial charge in [0.1, 0.15) is 11.7 Å². The molecular weight excluding hydrogens is 846 g/mol. The van der Waals surface area contributed by atoms with Gasteiger partial charge in [-0.15, -0.1) is 0 Å². The molecule has 0 spiro atoms. The van der Waals surface area contributed by atoms with Crippen LogP contribution in [-0.2, 0) is 21.5 Å². The van der Waals surface area contributed by atoms with Crippen molar-refractivity contribution < 1.29 is 42.0 Å². The van der Waals surface area contributed by atoms with Gasteiger partial charge in [-0.25, -0.2) is 18.7 Å². The average Bonchev–Trinajstić information content (AvgIpc) is 3.97. The van der Waals surface area contributed by atoms with E-state index in [0.29, 0.717) is 53.9 Å². The molecule has 3 saturated carbocycles. The van der Waals surface area contributed by atoms with Gasteiger partial charge in [0.25, 0.3) is 17.7 Å². The number of halogens is 3. The van der Waals surface area contributed by atoms with Crippen molar-refractivity contribution in [3.8, 4) is 17.3 Å². The van der Waals surface area contributed by atoms with Crippen LogP contribution in [0.4, 0.5) is 24.8 Å². The van der Waals surface area contributed by atoms with Crippen molar-refractivity contribution in [3.63, 3.8) is 0 Å². The lowest BCUT2D eigenvalue weighted by Gasteiger charge is -2.52. The van der Waals surface area contributed by atoms with E-state index in [4.69, 9.17) is 14.5 Å². The predicted molar refractivity (Wildman–Crippen MR) is 228 cm³/mol. The summed E-state index contributed by atoms with van der Waals surface area (Å²) >= 11 is 0. The molecule has 4 aromatic rings. The number of nitrogens with one attached hydrogen (secondary N) is 2. The van der Waals surface area contributed by atoms with Crippen LogP contribution in [0.2, 0.25) is 0 Å². The minimum Gasteiger partial charge on any atom is -0.503 e. The number of fused-ring (bicyclic) bond motifs is 4. The number of nitrogens with zero attached hydrogens (tertiary/aromatic N) is 8. The Morgan fingerprint density at radius 3 is 2.38 bits per heavy atom. The van der Waals surface area contributed by atoms with E-state index in [0.717, 1.165) is 115 Å². The van der Waals surface area contributed by atoms with Crippen molar-refractivity contribution in [3.05, 3.63) is 76.5 Å². The van der Waals surface area contributed by atoms with E-state index in [1.165, 1.54) is 0 Å². The molecule has 3 saturated heterocycles. The van der Waals surface area contributed by atoms with Crippen LogP contribution in [0.15, 0.2) is 41.1 Å². The minimum absolute atomic E-state index is 0.151. The molecule has 2 bridgehead atoms. The zero-order valence-corrected chi connectivity index (χ0v) is 36.0. The molecule has 19 heteroatoms. The molecule has 3 N–H and O–H groups in total. The number of hydrogen-bond donors (Lipinski definition) is 3. The van der Waals surface area contributed by atoms with Crippen LogP contribution < -0.4 is 20.4 Å². The number of phenolic OH excluding ortho intramolecular Hbond substituents is 1. The van der Waals surface area contributed by atoms with E-state index in [9.17, 15) is 37.5 Å². The number of anilines is 2. The van der Waals surface area contributed by atoms with Gasteiger partial charge in [0.2, 0.25) is 23.6 Å². The predicted octanol–water partition coefficient (Wildman–Crippen LogP) is 4.86. The van der Waals surface area contributed by atoms with Crippen LogP contribution >= 0.6 is 0 Å². The van der Waals surface area contributed by atoms with E-state index in [1.54, 1.807) is 17.2 Å². The number of amides is 4. The highest BCUT2D eigenvalue weighted by Gasteiger charge is 2.52. The Morgan fingerprint density at radius 1 is 0.892 bits per heavy atom. The standard InChI is InChI=1S/C46H51F3N10O6/c47-32-24-31(36(48)37(49)38(32)61)39(62)51-26-45-9-12-46(13-10-45,14-11-45)43-54-41(65-55-43)33-5-15-50-44(52-33)58-21-19-56(20-22-58)16-6-27-7-17-57(18-8-27)29-1-2-30-28(23-29)25-59(42(30)64)34-3-4-35(60)53-40(34)63/h1-2,5,15,23-24,27,34,61H,3-4,6-14,16-22,25-26H2,(H,51,62)(H,53,60,63). The Labute approximate surface area is 372 Å². The number of hydrogen-bond acceptors (Lipinski definition) is 13. The summed E-state index contributed by atoms with van der Waals surface area (Å²) in [7, 11) is 0. The van der Waals surface area contributed by atoms with Gasteiger partial charge in [-0.2, -0.15) is 9.37 Å². The van der Waals surface area contributed by atoms with Gasteiger partial charge in [-0.1, -0.05) is 5.16 Å². The zero-order chi connectivity index (χ0) is 45.0. The molecule has 2 aromatic carbocycles. The highest BCUT2D eigenvalue weighted by molar-refractivity contribution is 6.05. The summed E-state index contributed by atoms with van der Waals surface area (Å²) in [5.41, 5.74) is 1.89. The third kappa shape index (κ3) is 8.16. The lowest BCUT2D eigenvalue weighted by molar-refractivity contribution is -0.136. The van der Waals surface area contributed by atoms with Gasteiger partial charge in [-0.05, 0) is 118 Å². The lowest BCUT2D eigenvalue weighted by Crippen LogP contribution is -2.52. The van der Waals surface area contributed by atoms with Gasteiger partial charge in [-0.3, -0.25) is 29.4 Å². The minimum atomic E-state index is -1.79. The fourth-order valence-corrected chi connectivity index (χ4v) is 10.9. The summed E-state index contributed by atoms with van der Waals surface area (Å²) in [4.78, 5) is 72.9. The molecule has 6 heterocycles. The van der Waals surface area contributed by atoms with Gasteiger partial charge >= 0.3 is 0 Å². The van der Waals surface area contributed by atoms with Crippen LogP contribution in [0, 0.1) is 28.8 Å². The normalized spacial score (nSPS) is 25.0. The second-order valence-electron chi connectivity index (χ2n) is 18.8. The second kappa shape index (κ2) is 17.0. The monoisotopic (exact) mass is 896 g/mol. The van der Waals surface area contributed by atoms with Crippen molar-refractivity contribution in [2.75, 3.05) is 62.2 Å². The van der Waals surface area contributed by atoms with Crippen molar-refractivity contribution in [2.45, 2.75) is 88.6 Å².